The number of nitrogens with one attached hydrogen (secondary N) is 2. The minimum Gasteiger partial charge on any atom is -0.355 e. The maximum Gasteiger partial charge on any atom is 0.230 e. The van der Waals surface area contributed by atoms with Crippen LogP contribution in [0.2, 0.25) is 0 Å². The van der Waals surface area contributed by atoms with E-state index in [1.54, 1.807) is 16.8 Å². The summed E-state index contributed by atoms with van der Waals surface area (Å²) in [4.78, 5) is 12.4. The van der Waals surface area contributed by atoms with Gasteiger partial charge in [-0.25, -0.2) is 4.39 Å². The lowest BCUT2D eigenvalue weighted by Crippen LogP contribution is -2.39. The number of carbonyl (C=O) groups is 1. The van der Waals surface area contributed by atoms with E-state index in [1.165, 1.54) is 12.1 Å². The molecule has 2 heterocycles. The highest BCUT2D eigenvalue weighted by Crippen LogP contribution is 2.22. The lowest BCUT2D eigenvalue weighted by atomic mass is 9.97. The number of aryl methyl sites for hydroxylation is 1. The van der Waals surface area contributed by atoms with Crippen molar-refractivity contribution in [1.29, 1.82) is 0 Å². The lowest BCUT2D eigenvalue weighted by Gasteiger charge is -2.21. The number of halogens is 1. The number of carbonyl (C=O) groups excluding carboxylic acids is 1. The van der Waals surface area contributed by atoms with Gasteiger partial charge < -0.3 is 10.6 Å². The largest absolute Gasteiger partial charge is 0.355 e. The normalized spacial score (nSPS) is 17.1. The molecule has 1 aromatic carbocycles. The molecule has 1 aliphatic rings. The van der Waals surface area contributed by atoms with Gasteiger partial charge in [-0.2, -0.15) is 5.10 Å². The van der Waals surface area contributed by atoms with Gasteiger partial charge in [0.15, 0.2) is 0 Å². The smallest absolute Gasteiger partial charge is 0.230 e. The Balaban J connectivity index is 1.57. The first kappa shape index (κ1) is 14.7. The van der Waals surface area contributed by atoms with E-state index in [9.17, 15) is 9.18 Å². The monoisotopic (exact) mass is 302 g/mol. The second-order valence-electron chi connectivity index (χ2n) is 5.56. The van der Waals surface area contributed by atoms with Crippen molar-refractivity contribution in [2.45, 2.75) is 18.9 Å². The molecule has 0 fully saturated rings. The molecule has 2 aromatic rings. The molecule has 0 radical (unpaired) electrons. The fourth-order valence-electron chi connectivity index (χ4n) is 2.75. The predicted molar refractivity (Wildman–Crippen MR) is 80.8 cm³/mol. The van der Waals surface area contributed by atoms with Crippen LogP contribution in [0.5, 0.6) is 0 Å². The van der Waals surface area contributed by atoms with E-state index in [4.69, 9.17) is 0 Å². The van der Waals surface area contributed by atoms with Crippen molar-refractivity contribution in [3.63, 3.8) is 0 Å². The number of nitrogens with zero attached hydrogens (tertiary/aromatic N) is 2. The Morgan fingerprint density at radius 2 is 2.23 bits per heavy atom. The van der Waals surface area contributed by atoms with Crippen LogP contribution in [0.3, 0.4) is 0 Å². The zero-order valence-electron chi connectivity index (χ0n) is 12.5. The highest BCUT2D eigenvalue weighted by molar-refractivity contribution is 5.84. The van der Waals surface area contributed by atoms with Crippen LogP contribution in [0, 0.1) is 5.82 Å². The van der Waals surface area contributed by atoms with Gasteiger partial charge >= 0.3 is 0 Å². The average molecular weight is 302 g/mol. The van der Waals surface area contributed by atoms with Gasteiger partial charge in [0.05, 0.1) is 11.6 Å². The zero-order chi connectivity index (χ0) is 15.5. The summed E-state index contributed by atoms with van der Waals surface area (Å²) in [6.07, 6.45) is 2.63. The number of aromatic nitrogens is 2. The van der Waals surface area contributed by atoms with Crippen LogP contribution in [-0.2, 0) is 24.8 Å². The van der Waals surface area contributed by atoms with E-state index < -0.39 is 0 Å². The van der Waals surface area contributed by atoms with Gasteiger partial charge in [0.2, 0.25) is 5.91 Å². The van der Waals surface area contributed by atoms with Gasteiger partial charge in [-0.05, 0) is 24.1 Å². The Morgan fingerprint density at radius 1 is 1.45 bits per heavy atom. The molecule has 1 aromatic heterocycles. The zero-order valence-corrected chi connectivity index (χ0v) is 12.5. The number of hydrogen-bond donors (Lipinski definition) is 2. The minimum absolute atomic E-state index is 0.0192. The molecule has 1 atom stereocenters. The van der Waals surface area contributed by atoms with Crippen molar-refractivity contribution in [3.05, 3.63) is 53.1 Å². The number of rotatable bonds is 4. The topological polar surface area (TPSA) is 59.0 Å². The van der Waals surface area contributed by atoms with Gasteiger partial charge in [-0.1, -0.05) is 12.1 Å². The number of fused-ring (bicyclic) bond motifs is 1. The quantitative estimate of drug-likeness (QED) is 0.889. The van der Waals surface area contributed by atoms with Crippen LogP contribution >= 0.6 is 0 Å². The second kappa shape index (κ2) is 6.27. The SMILES string of the molecule is Cn1cc2c(n1)C(C(=O)NCCc1ccc(F)cc1)CNC2. The lowest BCUT2D eigenvalue weighted by molar-refractivity contribution is -0.122. The summed E-state index contributed by atoms with van der Waals surface area (Å²) >= 11 is 0. The van der Waals surface area contributed by atoms with E-state index in [-0.39, 0.29) is 17.6 Å². The highest BCUT2D eigenvalue weighted by atomic mass is 19.1. The Bertz CT molecular complexity index is 665. The van der Waals surface area contributed by atoms with Gasteiger partial charge in [0, 0.05) is 38.4 Å². The fourth-order valence-corrected chi connectivity index (χ4v) is 2.75. The maximum absolute atomic E-state index is 12.8. The molecule has 6 heteroatoms. The molecule has 1 unspecified atom stereocenters. The van der Waals surface area contributed by atoms with Crippen molar-refractivity contribution in [2.24, 2.45) is 7.05 Å². The van der Waals surface area contributed by atoms with Crippen molar-refractivity contribution in [2.75, 3.05) is 13.1 Å². The summed E-state index contributed by atoms with van der Waals surface area (Å²) in [7, 11) is 1.86. The molecule has 2 N–H and O–H groups in total. The van der Waals surface area contributed by atoms with E-state index in [1.807, 2.05) is 13.2 Å². The van der Waals surface area contributed by atoms with Crippen LogP contribution in [-0.4, -0.2) is 28.8 Å². The van der Waals surface area contributed by atoms with Gasteiger partial charge in [-0.3, -0.25) is 9.48 Å². The summed E-state index contributed by atoms with van der Waals surface area (Å²) in [5.74, 6) is -0.517. The van der Waals surface area contributed by atoms with Crippen LogP contribution in [0.25, 0.3) is 0 Å². The first-order valence-corrected chi connectivity index (χ1v) is 7.39. The van der Waals surface area contributed by atoms with E-state index in [0.717, 1.165) is 23.4 Å². The van der Waals surface area contributed by atoms with Crippen molar-refractivity contribution in [3.8, 4) is 0 Å². The van der Waals surface area contributed by atoms with Crippen LogP contribution in [0.15, 0.2) is 30.5 Å². The van der Waals surface area contributed by atoms with Crippen LogP contribution in [0.4, 0.5) is 4.39 Å². The molecule has 0 bridgehead atoms. The standard InChI is InChI=1S/C16H19FN4O/c1-21-10-12-8-18-9-14(15(12)20-21)16(22)19-7-6-11-2-4-13(17)5-3-11/h2-5,10,14,18H,6-9H2,1H3,(H,19,22). The third-order valence-electron chi connectivity index (χ3n) is 3.87. The van der Waals surface area contributed by atoms with Gasteiger partial charge in [0.1, 0.15) is 5.82 Å². The van der Waals surface area contributed by atoms with Crippen molar-refractivity contribution < 1.29 is 9.18 Å². The summed E-state index contributed by atoms with van der Waals surface area (Å²) in [5, 5.41) is 10.6. The molecule has 1 amide bonds. The molecule has 0 aliphatic carbocycles. The van der Waals surface area contributed by atoms with Crippen molar-refractivity contribution in [1.82, 2.24) is 20.4 Å². The van der Waals surface area contributed by atoms with Gasteiger partial charge in [-0.15, -0.1) is 0 Å². The fraction of sp³-hybridized carbons (Fsp3) is 0.375. The highest BCUT2D eigenvalue weighted by Gasteiger charge is 2.28. The number of hydrogen-bond acceptors (Lipinski definition) is 3. The molecule has 0 saturated heterocycles. The van der Waals surface area contributed by atoms with Crippen LogP contribution < -0.4 is 10.6 Å². The number of amides is 1. The second-order valence-corrected chi connectivity index (χ2v) is 5.56. The Kier molecular flexibility index (Phi) is 4.20. The molecule has 3 rings (SSSR count). The van der Waals surface area contributed by atoms with E-state index in [2.05, 4.69) is 15.7 Å². The maximum atomic E-state index is 12.8. The summed E-state index contributed by atoms with van der Waals surface area (Å²) in [6.45, 7) is 1.89. The van der Waals surface area contributed by atoms with Crippen molar-refractivity contribution >= 4 is 5.91 Å². The minimum atomic E-state index is -0.252. The van der Waals surface area contributed by atoms with Crippen LogP contribution in [0.1, 0.15) is 22.7 Å². The summed E-state index contributed by atoms with van der Waals surface area (Å²) in [6, 6.07) is 6.34. The number of benzene rings is 1. The molecule has 22 heavy (non-hydrogen) atoms. The molecule has 116 valence electrons. The van der Waals surface area contributed by atoms with E-state index >= 15 is 0 Å². The molecule has 5 nitrogen and oxygen atoms in total. The third-order valence-corrected chi connectivity index (χ3v) is 3.87. The summed E-state index contributed by atoms with van der Waals surface area (Å²) in [5.41, 5.74) is 2.94. The van der Waals surface area contributed by atoms with Gasteiger partial charge in [0.25, 0.3) is 0 Å². The summed E-state index contributed by atoms with van der Waals surface area (Å²) < 4.78 is 14.6. The average Bonchev–Trinajstić information content (AvgIpc) is 2.89. The molecular weight excluding hydrogens is 283 g/mol. The Morgan fingerprint density at radius 3 is 3.00 bits per heavy atom. The molecule has 0 spiro atoms. The first-order valence-electron chi connectivity index (χ1n) is 7.39. The Hall–Kier alpha value is -2.21. The third kappa shape index (κ3) is 3.17. The molecule has 1 aliphatic heterocycles. The van der Waals surface area contributed by atoms with E-state index in [0.29, 0.717) is 19.5 Å². The molecular formula is C16H19FN4O. The molecule has 0 saturated carbocycles. The Labute approximate surface area is 128 Å². The first-order chi connectivity index (χ1) is 10.6. The predicted octanol–water partition coefficient (Wildman–Crippen LogP) is 1.10.